The van der Waals surface area contributed by atoms with E-state index in [1.165, 1.54) is 5.56 Å². The molecule has 0 aliphatic rings. The smallest absolute Gasteiger partial charge is 0.139 e. The van der Waals surface area contributed by atoms with Crippen molar-refractivity contribution in [2.75, 3.05) is 5.32 Å². The van der Waals surface area contributed by atoms with Crippen LogP contribution >= 0.6 is 0 Å². The summed E-state index contributed by atoms with van der Waals surface area (Å²) in [6.45, 7) is 2.07. The second-order valence-electron chi connectivity index (χ2n) is 7.35. The van der Waals surface area contributed by atoms with Crippen LogP contribution in [0.1, 0.15) is 28.3 Å². The normalized spacial score (nSPS) is 12.3. The van der Waals surface area contributed by atoms with Gasteiger partial charge in [-0.3, -0.25) is 0 Å². The molecule has 1 atom stereocenters. The van der Waals surface area contributed by atoms with E-state index in [0.29, 0.717) is 0 Å². The van der Waals surface area contributed by atoms with Gasteiger partial charge in [0.25, 0.3) is 0 Å². The van der Waals surface area contributed by atoms with Gasteiger partial charge in [-0.05, 0) is 35.7 Å². The Labute approximate surface area is 172 Å². The maximum Gasteiger partial charge on any atom is 0.139 e. The van der Waals surface area contributed by atoms with E-state index in [4.69, 9.17) is 0 Å². The third-order valence-electron chi connectivity index (χ3n) is 5.34. The molecule has 0 amide bonds. The first-order valence-electron chi connectivity index (χ1n) is 9.89. The first kappa shape index (κ1) is 19.0. The molecule has 144 valence electrons. The summed E-state index contributed by atoms with van der Waals surface area (Å²) in [6, 6.07) is 37.8. The number of aryl methyl sites for hydroxylation is 1. The van der Waals surface area contributed by atoms with E-state index in [-0.39, 0.29) is 6.04 Å². The standard InChI is InChI=1S/C27H25NO/c1-21-17-19-25(20-18-21)28-26(22-11-5-2-6-12-22)27(29,23-13-7-3-8-14-23)24-15-9-4-10-16-24/h2-20,26,28-29H,1H3. The highest BCUT2D eigenvalue weighted by Gasteiger charge is 2.41. The molecule has 2 heteroatoms. The highest BCUT2D eigenvalue weighted by atomic mass is 16.3. The molecule has 0 heterocycles. The molecule has 0 aromatic heterocycles. The number of rotatable bonds is 6. The van der Waals surface area contributed by atoms with E-state index >= 15 is 0 Å². The molecule has 4 rings (SSSR count). The van der Waals surface area contributed by atoms with Crippen molar-refractivity contribution in [1.29, 1.82) is 0 Å². The minimum Gasteiger partial charge on any atom is -0.378 e. The Morgan fingerprint density at radius 3 is 1.55 bits per heavy atom. The molecule has 0 aliphatic carbocycles. The van der Waals surface area contributed by atoms with E-state index in [9.17, 15) is 5.11 Å². The number of benzene rings is 4. The molecule has 1 unspecified atom stereocenters. The van der Waals surface area contributed by atoms with Gasteiger partial charge in [0.2, 0.25) is 0 Å². The highest BCUT2D eigenvalue weighted by Crippen LogP contribution is 2.42. The van der Waals surface area contributed by atoms with E-state index in [0.717, 1.165) is 22.4 Å². The molecule has 29 heavy (non-hydrogen) atoms. The highest BCUT2D eigenvalue weighted by molar-refractivity contribution is 5.51. The zero-order valence-electron chi connectivity index (χ0n) is 16.5. The lowest BCUT2D eigenvalue weighted by molar-refractivity contribution is 0.0586. The zero-order chi connectivity index (χ0) is 20.1. The maximum atomic E-state index is 12.3. The average Bonchev–Trinajstić information content (AvgIpc) is 2.80. The summed E-state index contributed by atoms with van der Waals surface area (Å²) < 4.78 is 0. The molecular weight excluding hydrogens is 354 g/mol. The first-order chi connectivity index (χ1) is 14.2. The lowest BCUT2D eigenvalue weighted by Crippen LogP contribution is -2.39. The van der Waals surface area contributed by atoms with Crippen LogP contribution in [0, 0.1) is 6.92 Å². The molecule has 0 bridgehead atoms. The largest absolute Gasteiger partial charge is 0.378 e. The Morgan fingerprint density at radius 2 is 1.07 bits per heavy atom. The van der Waals surface area contributed by atoms with Crippen molar-refractivity contribution in [2.24, 2.45) is 0 Å². The Morgan fingerprint density at radius 1 is 0.621 bits per heavy atom. The predicted octanol–water partition coefficient (Wildman–Crippen LogP) is 6.08. The summed E-state index contributed by atoms with van der Waals surface area (Å²) in [5.41, 5.74) is 3.62. The maximum absolute atomic E-state index is 12.3. The number of aliphatic hydroxyl groups is 1. The van der Waals surface area contributed by atoms with Gasteiger partial charge >= 0.3 is 0 Å². The summed E-state index contributed by atoms with van der Waals surface area (Å²) in [4.78, 5) is 0. The fourth-order valence-electron chi connectivity index (χ4n) is 3.78. The van der Waals surface area contributed by atoms with Gasteiger partial charge < -0.3 is 10.4 Å². The molecule has 4 aromatic carbocycles. The molecule has 4 aromatic rings. The summed E-state index contributed by atoms with van der Waals surface area (Å²) in [7, 11) is 0. The van der Waals surface area contributed by atoms with Crippen molar-refractivity contribution in [3.63, 3.8) is 0 Å². The molecule has 0 fully saturated rings. The second-order valence-corrected chi connectivity index (χ2v) is 7.35. The Balaban J connectivity index is 1.90. The van der Waals surface area contributed by atoms with Crippen molar-refractivity contribution in [3.8, 4) is 0 Å². The van der Waals surface area contributed by atoms with Gasteiger partial charge in [0.05, 0.1) is 6.04 Å². The number of hydrogen-bond acceptors (Lipinski definition) is 2. The van der Waals surface area contributed by atoms with Gasteiger partial charge in [-0.15, -0.1) is 0 Å². The Kier molecular flexibility index (Phi) is 5.46. The van der Waals surface area contributed by atoms with E-state index in [1.54, 1.807) is 0 Å². The van der Waals surface area contributed by atoms with Crippen LogP contribution in [0.2, 0.25) is 0 Å². The summed E-state index contributed by atoms with van der Waals surface area (Å²) in [6.07, 6.45) is 0. The van der Waals surface area contributed by atoms with Crippen molar-refractivity contribution in [2.45, 2.75) is 18.6 Å². The number of anilines is 1. The van der Waals surface area contributed by atoms with Gasteiger partial charge in [0.15, 0.2) is 0 Å². The minimum absolute atomic E-state index is 0.379. The van der Waals surface area contributed by atoms with Crippen molar-refractivity contribution in [3.05, 3.63) is 138 Å². The quantitative estimate of drug-likeness (QED) is 0.425. The third kappa shape index (κ3) is 3.94. The van der Waals surface area contributed by atoms with Gasteiger partial charge in [-0.25, -0.2) is 0 Å². The lowest BCUT2D eigenvalue weighted by Gasteiger charge is -2.38. The van der Waals surface area contributed by atoms with E-state index < -0.39 is 5.60 Å². The molecule has 2 N–H and O–H groups in total. The van der Waals surface area contributed by atoms with Crippen LogP contribution in [0.3, 0.4) is 0 Å². The fraction of sp³-hybridized carbons (Fsp3) is 0.111. The predicted molar refractivity (Wildman–Crippen MR) is 120 cm³/mol. The molecule has 0 spiro atoms. The topological polar surface area (TPSA) is 32.3 Å². The molecule has 0 aliphatic heterocycles. The minimum atomic E-state index is -1.26. The van der Waals surface area contributed by atoms with Gasteiger partial charge in [0.1, 0.15) is 5.60 Å². The molecule has 2 nitrogen and oxygen atoms in total. The Hall–Kier alpha value is -3.36. The van der Waals surface area contributed by atoms with Crippen LogP contribution in [0.5, 0.6) is 0 Å². The molecule has 0 radical (unpaired) electrons. The zero-order valence-corrected chi connectivity index (χ0v) is 16.5. The van der Waals surface area contributed by atoms with Gasteiger partial charge in [0, 0.05) is 5.69 Å². The SMILES string of the molecule is Cc1ccc(NC(c2ccccc2)C(O)(c2ccccc2)c2ccccc2)cc1. The third-order valence-corrected chi connectivity index (χ3v) is 5.34. The summed E-state index contributed by atoms with van der Waals surface area (Å²) in [5.74, 6) is 0. The summed E-state index contributed by atoms with van der Waals surface area (Å²) in [5, 5.41) is 15.9. The van der Waals surface area contributed by atoms with Gasteiger partial charge in [-0.2, -0.15) is 0 Å². The van der Waals surface area contributed by atoms with Crippen LogP contribution in [-0.4, -0.2) is 5.11 Å². The van der Waals surface area contributed by atoms with Crippen LogP contribution in [0.15, 0.2) is 115 Å². The van der Waals surface area contributed by atoms with Gasteiger partial charge in [-0.1, -0.05) is 109 Å². The van der Waals surface area contributed by atoms with E-state index in [2.05, 4.69) is 48.6 Å². The average molecular weight is 380 g/mol. The fourth-order valence-corrected chi connectivity index (χ4v) is 3.78. The molecule has 0 saturated carbocycles. The van der Waals surface area contributed by atoms with Crippen molar-refractivity contribution >= 4 is 5.69 Å². The second kappa shape index (κ2) is 8.34. The molecular formula is C27H25NO. The van der Waals surface area contributed by atoms with Crippen molar-refractivity contribution in [1.82, 2.24) is 0 Å². The van der Waals surface area contributed by atoms with Crippen LogP contribution in [0.25, 0.3) is 0 Å². The summed E-state index contributed by atoms with van der Waals surface area (Å²) >= 11 is 0. The molecule has 0 saturated heterocycles. The lowest BCUT2D eigenvalue weighted by atomic mass is 9.77. The van der Waals surface area contributed by atoms with Crippen molar-refractivity contribution < 1.29 is 5.11 Å². The van der Waals surface area contributed by atoms with Crippen LogP contribution < -0.4 is 5.32 Å². The van der Waals surface area contributed by atoms with Crippen LogP contribution in [0.4, 0.5) is 5.69 Å². The first-order valence-corrected chi connectivity index (χ1v) is 9.89. The number of hydrogen-bond donors (Lipinski definition) is 2. The van der Waals surface area contributed by atoms with Crippen LogP contribution in [-0.2, 0) is 5.60 Å². The monoisotopic (exact) mass is 379 g/mol. The number of nitrogens with one attached hydrogen (secondary N) is 1. The van der Waals surface area contributed by atoms with E-state index in [1.807, 2.05) is 78.9 Å². The Bertz CT molecular complexity index is 989.